The van der Waals surface area contributed by atoms with E-state index in [1.54, 1.807) is 37.4 Å². The molecule has 0 radical (unpaired) electrons. The molecule has 1 amide bonds. The van der Waals surface area contributed by atoms with Crippen molar-refractivity contribution in [3.05, 3.63) is 82.9 Å². The Hall–Kier alpha value is -3.60. The van der Waals surface area contributed by atoms with Crippen LogP contribution in [0.5, 0.6) is 0 Å². The molecule has 190 valence electrons. The molecule has 7 heteroatoms. The summed E-state index contributed by atoms with van der Waals surface area (Å²) in [6.45, 7) is 3.73. The van der Waals surface area contributed by atoms with Crippen molar-refractivity contribution in [2.45, 2.75) is 19.3 Å². The van der Waals surface area contributed by atoms with E-state index in [0.717, 1.165) is 31.5 Å². The molecule has 37 heavy (non-hydrogen) atoms. The van der Waals surface area contributed by atoms with Crippen molar-refractivity contribution >= 4 is 5.91 Å². The van der Waals surface area contributed by atoms with Gasteiger partial charge in [-0.05, 0) is 71.8 Å². The lowest BCUT2D eigenvalue weighted by atomic mass is 9.75. The molecule has 1 N–H and O–H groups in total. The number of likely N-dealkylation sites (tertiary alicyclic amines) is 1. The SMILES string of the molecule is COCCc1ccc(-c2ccc(C(=O)N3CCCC4(CNC4)C3)cc2-c2ccc(C#N)c(F)c2)c(F)c1. The van der Waals surface area contributed by atoms with Crippen molar-refractivity contribution in [1.29, 1.82) is 5.26 Å². The van der Waals surface area contributed by atoms with Crippen LogP contribution >= 0.6 is 0 Å². The van der Waals surface area contributed by atoms with E-state index in [1.165, 1.54) is 18.2 Å². The third-order valence-electron chi connectivity index (χ3n) is 7.53. The second kappa shape index (κ2) is 10.4. The van der Waals surface area contributed by atoms with Crippen LogP contribution in [0.4, 0.5) is 8.78 Å². The molecule has 5 nitrogen and oxygen atoms in total. The van der Waals surface area contributed by atoms with Gasteiger partial charge >= 0.3 is 0 Å². The largest absolute Gasteiger partial charge is 0.384 e. The molecule has 3 aromatic carbocycles. The highest BCUT2D eigenvalue weighted by molar-refractivity contribution is 5.98. The molecule has 2 fully saturated rings. The minimum Gasteiger partial charge on any atom is -0.384 e. The summed E-state index contributed by atoms with van der Waals surface area (Å²) in [7, 11) is 1.60. The number of carbonyl (C=O) groups is 1. The Morgan fingerprint density at radius 3 is 2.54 bits per heavy atom. The van der Waals surface area contributed by atoms with E-state index in [0.29, 0.717) is 53.9 Å². The lowest BCUT2D eigenvalue weighted by molar-refractivity contribution is 0.0321. The van der Waals surface area contributed by atoms with Gasteiger partial charge in [0.2, 0.25) is 0 Å². The number of rotatable bonds is 6. The lowest BCUT2D eigenvalue weighted by Crippen LogP contribution is -2.61. The fourth-order valence-corrected chi connectivity index (χ4v) is 5.41. The standard InChI is InChI=1S/C30H29F2N3O2/c1-37-12-9-20-3-7-25(28(32)13-20)24-8-6-22(14-26(24)21-4-5-23(16-33)27(31)15-21)29(36)35-11-2-10-30(19-35)17-34-18-30/h3-8,13-15,34H,2,9-12,17-19H2,1H3. The molecular weight excluding hydrogens is 472 g/mol. The van der Waals surface area contributed by atoms with Crippen LogP contribution in [0, 0.1) is 28.4 Å². The van der Waals surface area contributed by atoms with Gasteiger partial charge in [-0.15, -0.1) is 0 Å². The van der Waals surface area contributed by atoms with Gasteiger partial charge in [0, 0.05) is 49.8 Å². The van der Waals surface area contributed by atoms with Gasteiger partial charge in [-0.25, -0.2) is 8.78 Å². The number of hydrogen-bond donors (Lipinski definition) is 1. The molecule has 0 atom stereocenters. The molecule has 5 rings (SSSR count). The topological polar surface area (TPSA) is 65.4 Å². The van der Waals surface area contributed by atoms with Gasteiger partial charge in [0.15, 0.2) is 0 Å². The zero-order valence-corrected chi connectivity index (χ0v) is 20.8. The number of amides is 1. The van der Waals surface area contributed by atoms with E-state index in [2.05, 4.69) is 5.32 Å². The summed E-state index contributed by atoms with van der Waals surface area (Å²) >= 11 is 0. The number of ether oxygens (including phenoxy) is 1. The number of piperidine rings is 1. The van der Waals surface area contributed by atoms with Crippen LogP contribution in [0.2, 0.25) is 0 Å². The van der Waals surface area contributed by atoms with Crippen LogP contribution in [0.15, 0.2) is 54.6 Å². The van der Waals surface area contributed by atoms with E-state index < -0.39 is 11.6 Å². The first-order valence-corrected chi connectivity index (χ1v) is 12.5. The number of carbonyl (C=O) groups excluding carboxylic acids is 1. The highest BCUT2D eigenvalue weighted by Crippen LogP contribution is 2.37. The number of nitriles is 1. The Bertz CT molecular complexity index is 1380. The minimum atomic E-state index is -0.659. The zero-order valence-electron chi connectivity index (χ0n) is 20.8. The van der Waals surface area contributed by atoms with Gasteiger partial charge in [-0.1, -0.05) is 24.3 Å². The summed E-state index contributed by atoms with van der Waals surface area (Å²) < 4.78 is 35.0. The number of halogens is 2. The summed E-state index contributed by atoms with van der Waals surface area (Å²) in [5.41, 5.74) is 3.29. The average Bonchev–Trinajstić information content (AvgIpc) is 2.90. The van der Waals surface area contributed by atoms with Gasteiger partial charge in [0.1, 0.15) is 17.7 Å². The maximum absolute atomic E-state index is 15.3. The van der Waals surface area contributed by atoms with Crippen molar-refractivity contribution in [2.24, 2.45) is 5.41 Å². The monoisotopic (exact) mass is 501 g/mol. The molecular formula is C30H29F2N3O2. The molecule has 0 aliphatic carbocycles. The predicted octanol–water partition coefficient (Wildman–Crippen LogP) is 5.18. The lowest BCUT2D eigenvalue weighted by Gasteiger charge is -2.49. The fourth-order valence-electron chi connectivity index (χ4n) is 5.41. The molecule has 2 aliphatic heterocycles. The predicted molar refractivity (Wildman–Crippen MR) is 138 cm³/mol. The Labute approximate surface area is 215 Å². The van der Waals surface area contributed by atoms with Crippen LogP contribution in [0.25, 0.3) is 22.3 Å². The van der Waals surface area contributed by atoms with E-state index in [1.807, 2.05) is 17.0 Å². The van der Waals surface area contributed by atoms with Crippen LogP contribution in [-0.2, 0) is 11.2 Å². The molecule has 2 heterocycles. The third kappa shape index (κ3) is 5.00. The quantitative estimate of drug-likeness (QED) is 0.505. The number of benzene rings is 3. The Morgan fingerprint density at radius 2 is 1.86 bits per heavy atom. The van der Waals surface area contributed by atoms with Crippen molar-refractivity contribution < 1.29 is 18.3 Å². The van der Waals surface area contributed by atoms with Gasteiger partial charge in [0.05, 0.1) is 12.2 Å². The van der Waals surface area contributed by atoms with Crippen LogP contribution < -0.4 is 5.32 Å². The van der Waals surface area contributed by atoms with E-state index in [9.17, 15) is 9.18 Å². The minimum absolute atomic E-state index is 0.0704. The van der Waals surface area contributed by atoms with Crippen LogP contribution in [-0.4, -0.2) is 50.7 Å². The van der Waals surface area contributed by atoms with Crippen LogP contribution in [0.3, 0.4) is 0 Å². The molecule has 0 saturated carbocycles. The van der Waals surface area contributed by atoms with Gasteiger partial charge in [-0.2, -0.15) is 5.26 Å². The van der Waals surface area contributed by atoms with Gasteiger partial charge in [0.25, 0.3) is 5.91 Å². The number of hydrogen-bond acceptors (Lipinski definition) is 4. The first kappa shape index (κ1) is 25.1. The van der Waals surface area contributed by atoms with Crippen molar-refractivity contribution in [1.82, 2.24) is 10.2 Å². The highest BCUT2D eigenvalue weighted by Gasteiger charge is 2.41. The molecule has 0 unspecified atom stereocenters. The summed E-state index contributed by atoms with van der Waals surface area (Å²) in [5.74, 6) is -1.14. The zero-order chi connectivity index (χ0) is 26.0. The summed E-state index contributed by atoms with van der Waals surface area (Å²) in [6, 6.07) is 16.4. The molecule has 3 aromatic rings. The molecule has 2 aliphatic rings. The van der Waals surface area contributed by atoms with E-state index in [-0.39, 0.29) is 16.9 Å². The molecule has 1 spiro atoms. The summed E-state index contributed by atoms with van der Waals surface area (Å²) in [5, 5.41) is 12.5. The second-order valence-electron chi connectivity index (χ2n) is 10.1. The third-order valence-corrected chi connectivity index (χ3v) is 7.53. The average molecular weight is 502 g/mol. The molecule has 0 aromatic heterocycles. The number of nitrogens with zero attached hydrogens (tertiary/aromatic N) is 2. The molecule has 2 saturated heterocycles. The van der Waals surface area contributed by atoms with E-state index >= 15 is 4.39 Å². The second-order valence-corrected chi connectivity index (χ2v) is 10.1. The highest BCUT2D eigenvalue weighted by atomic mass is 19.1. The Kier molecular flexibility index (Phi) is 7.05. The van der Waals surface area contributed by atoms with Crippen molar-refractivity contribution in [3.8, 4) is 28.3 Å². The van der Waals surface area contributed by atoms with Gasteiger partial charge in [-0.3, -0.25) is 4.79 Å². The number of nitrogens with one attached hydrogen (secondary N) is 1. The number of methoxy groups -OCH3 is 1. The first-order chi connectivity index (χ1) is 17.9. The normalized spacial score (nSPS) is 16.3. The Morgan fingerprint density at radius 1 is 1.05 bits per heavy atom. The first-order valence-electron chi connectivity index (χ1n) is 12.5. The smallest absolute Gasteiger partial charge is 0.253 e. The summed E-state index contributed by atoms with van der Waals surface area (Å²) in [6.07, 6.45) is 2.65. The van der Waals surface area contributed by atoms with Crippen molar-refractivity contribution in [3.63, 3.8) is 0 Å². The van der Waals surface area contributed by atoms with Crippen molar-refractivity contribution in [2.75, 3.05) is 39.9 Å². The maximum atomic E-state index is 15.3. The molecule has 0 bridgehead atoms. The Balaban J connectivity index is 1.55. The maximum Gasteiger partial charge on any atom is 0.253 e. The fraction of sp³-hybridized carbons (Fsp3) is 0.333. The van der Waals surface area contributed by atoms with E-state index in [4.69, 9.17) is 10.00 Å². The summed E-state index contributed by atoms with van der Waals surface area (Å²) in [4.78, 5) is 15.4. The van der Waals surface area contributed by atoms with Gasteiger partial charge < -0.3 is 15.0 Å². The van der Waals surface area contributed by atoms with Crippen LogP contribution in [0.1, 0.15) is 34.3 Å².